The number of rotatable bonds is 5. The second kappa shape index (κ2) is 6.34. The van der Waals surface area contributed by atoms with Crippen LogP contribution in [-0.2, 0) is 9.53 Å². The lowest BCUT2D eigenvalue weighted by Crippen LogP contribution is -2.49. The third kappa shape index (κ3) is 3.12. The Balaban J connectivity index is 3.08. The van der Waals surface area contributed by atoms with E-state index in [1.807, 2.05) is 13.1 Å². The first-order valence-corrected chi connectivity index (χ1v) is 6.54. The number of nitrogens with one attached hydrogen (secondary N) is 1. The first kappa shape index (κ1) is 13.6. The Bertz CT molecular complexity index is 344. The predicted molar refractivity (Wildman–Crippen MR) is 71.1 cm³/mol. The first-order valence-electron chi connectivity index (χ1n) is 6.95. The van der Waals surface area contributed by atoms with E-state index in [9.17, 15) is 4.79 Å². The van der Waals surface area contributed by atoms with Gasteiger partial charge in [-0.05, 0) is 24.8 Å². The number of likely N-dealkylation sites (N-methyl/N-ethyl adjacent to an activating group) is 1. The van der Waals surface area contributed by atoms with E-state index < -0.39 is 0 Å². The van der Waals surface area contributed by atoms with E-state index in [1.165, 1.54) is 7.11 Å². The monoisotopic (exact) mass is 257 g/mol. The summed E-state index contributed by atoms with van der Waals surface area (Å²) < 4.78 is 12.0. The van der Waals surface area contributed by atoms with Crippen LogP contribution in [0.5, 0.6) is 0 Å². The van der Waals surface area contributed by atoms with Crippen LogP contribution in [0, 0.1) is 17.8 Å². The molecular weight excluding hydrogens is 230 g/mol. The van der Waals surface area contributed by atoms with Crippen molar-refractivity contribution < 1.29 is 14.6 Å². The second-order valence-electron chi connectivity index (χ2n) is 5.42. The molecule has 0 aromatic carbocycles. The second-order valence-corrected chi connectivity index (χ2v) is 5.42. The molecule has 0 radical (unpaired) electrons. The fourth-order valence-electron chi connectivity index (χ4n) is 2.58. The van der Waals surface area contributed by atoms with Gasteiger partial charge in [0, 0.05) is 18.0 Å². The third-order valence-corrected chi connectivity index (χ3v) is 4.07. The quantitative estimate of drug-likeness (QED) is 0.730. The summed E-state index contributed by atoms with van der Waals surface area (Å²) >= 11 is 0. The molecule has 4 atom stereocenters. The highest BCUT2D eigenvalue weighted by molar-refractivity contribution is 5.88. The molecule has 2 N–H and O–H groups in total. The van der Waals surface area contributed by atoms with Gasteiger partial charge in [-0.2, -0.15) is 0 Å². The predicted octanol–water partition coefficient (Wildman–Crippen LogP) is 1.35. The van der Waals surface area contributed by atoms with Crippen LogP contribution in [0.1, 0.15) is 27.2 Å². The summed E-state index contributed by atoms with van der Waals surface area (Å²) in [6, 6.07) is 0.0447. The van der Waals surface area contributed by atoms with E-state index in [0.29, 0.717) is 23.8 Å². The fourth-order valence-corrected chi connectivity index (χ4v) is 2.58. The molecule has 0 aromatic rings. The van der Waals surface area contributed by atoms with Crippen LogP contribution in [-0.4, -0.2) is 38.8 Å². The summed E-state index contributed by atoms with van der Waals surface area (Å²) in [5.74, 6) is 0.705. The molecule has 1 aliphatic rings. The van der Waals surface area contributed by atoms with Crippen molar-refractivity contribution in [2.45, 2.75) is 39.3 Å². The van der Waals surface area contributed by atoms with E-state index in [0.717, 1.165) is 0 Å². The molecule has 4 nitrogen and oxygen atoms in total. The van der Waals surface area contributed by atoms with Crippen molar-refractivity contribution in [3.63, 3.8) is 0 Å². The van der Waals surface area contributed by atoms with Gasteiger partial charge in [0.15, 0.2) is 0 Å². The molecule has 0 aliphatic heterocycles. The van der Waals surface area contributed by atoms with Gasteiger partial charge >= 0.3 is 5.97 Å². The molecule has 18 heavy (non-hydrogen) atoms. The Kier molecular flexibility index (Phi) is 4.78. The van der Waals surface area contributed by atoms with Crippen molar-refractivity contribution in [3.8, 4) is 0 Å². The molecule has 104 valence electrons. The molecule has 0 spiro atoms. The van der Waals surface area contributed by atoms with Gasteiger partial charge in [0.25, 0.3) is 0 Å². The molecule has 0 saturated carbocycles. The topological polar surface area (TPSA) is 58.6 Å². The minimum Gasteiger partial charge on any atom is -0.466 e. The highest BCUT2D eigenvalue weighted by Gasteiger charge is 2.36. The zero-order valence-corrected chi connectivity index (χ0v) is 11.9. The van der Waals surface area contributed by atoms with Gasteiger partial charge in [-0.1, -0.05) is 26.8 Å². The number of aliphatic hydroxyl groups excluding tert-OH is 1. The lowest BCUT2D eigenvalue weighted by atomic mass is 9.73. The molecule has 1 rings (SSSR count). The summed E-state index contributed by atoms with van der Waals surface area (Å²) in [7, 11) is 3.25. The molecule has 0 bridgehead atoms. The Hall–Kier alpha value is -0.870. The van der Waals surface area contributed by atoms with E-state index in [4.69, 9.17) is 11.3 Å². The van der Waals surface area contributed by atoms with Crippen LogP contribution in [0.4, 0.5) is 0 Å². The van der Waals surface area contributed by atoms with Crippen molar-refractivity contribution in [2.24, 2.45) is 17.8 Å². The van der Waals surface area contributed by atoms with Crippen molar-refractivity contribution >= 4 is 5.97 Å². The van der Waals surface area contributed by atoms with Gasteiger partial charge in [-0.15, -0.1) is 0 Å². The normalized spacial score (nSPS) is 30.7. The number of aliphatic hydroxyl groups is 1. The zero-order chi connectivity index (χ0) is 14.6. The van der Waals surface area contributed by atoms with Crippen molar-refractivity contribution in [3.05, 3.63) is 11.6 Å². The number of carbonyl (C=O) groups is 1. The number of methoxy groups -OCH3 is 1. The van der Waals surface area contributed by atoms with Crippen LogP contribution in [0.3, 0.4) is 0 Å². The fraction of sp³-hybridized carbons (Fsp3) is 0.786. The Morgan fingerprint density at radius 1 is 1.61 bits per heavy atom. The number of ether oxygens (including phenoxy) is 1. The van der Waals surface area contributed by atoms with E-state index in [2.05, 4.69) is 26.1 Å². The molecule has 1 unspecified atom stereocenters. The molecule has 0 amide bonds. The Morgan fingerprint density at radius 2 is 2.28 bits per heavy atom. The molecule has 0 aromatic heterocycles. The van der Waals surface area contributed by atoms with Gasteiger partial charge in [-0.25, -0.2) is 4.79 Å². The molecular formula is C14H25NO3. The van der Waals surface area contributed by atoms with Crippen LogP contribution < -0.4 is 5.32 Å². The van der Waals surface area contributed by atoms with Gasteiger partial charge in [0.2, 0.25) is 1.43 Å². The molecule has 0 fully saturated rings. The number of hydrogen-bond donors (Lipinski definition) is 2. The third-order valence-electron chi connectivity index (χ3n) is 4.07. The van der Waals surface area contributed by atoms with Crippen LogP contribution in [0.25, 0.3) is 0 Å². The van der Waals surface area contributed by atoms with Gasteiger partial charge in [0.1, 0.15) is 0 Å². The maximum Gasteiger partial charge on any atom is 0.333 e. The van der Waals surface area contributed by atoms with E-state index >= 15 is 0 Å². The number of esters is 1. The summed E-state index contributed by atoms with van der Waals surface area (Å²) in [4.78, 5) is 11.7. The summed E-state index contributed by atoms with van der Waals surface area (Å²) in [5, 5.41) is 8.05. The minimum atomic E-state index is -0.324. The van der Waals surface area contributed by atoms with Gasteiger partial charge in [-0.3, -0.25) is 0 Å². The Labute approximate surface area is 111 Å². The maximum absolute atomic E-state index is 11.7. The Morgan fingerprint density at radius 3 is 2.72 bits per heavy atom. The number of carbonyl (C=O) groups excluding carboxylic acids is 1. The number of hydrogen-bond acceptors (Lipinski definition) is 4. The largest absolute Gasteiger partial charge is 0.466 e. The first-order chi connectivity index (χ1) is 8.96. The standard InChI is InChI=1S/C14H25NO3/c1-8(2)9(3)11-6-10(14(17)18-5)7-12(16)13(11)15-4/h6,8-9,11-13,15-16H,7H2,1-5H3/t9?,11-,12+,13-/m0/s1/i16T. The van der Waals surface area contributed by atoms with Gasteiger partial charge < -0.3 is 15.2 Å². The van der Waals surface area contributed by atoms with E-state index in [-0.39, 0.29) is 24.0 Å². The SMILES string of the molecule is [3H]O[C@@H]1CC(C(=O)OC)=C[C@@H](C(C)C(C)C)[C@@H]1NC. The minimum absolute atomic E-state index is 0.0447. The van der Waals surface area contributed by atoms with Crippen molar-refractivity contribution in [1.82, 2.24) is 5.32 Å². The molecule has 1 aliphatic carbocycles. The summed E-state index contributed by atoms with van der Waals surface area (Å²) in [6.07, 6.45) is 2.09. The van der Waals surface area contributed by atoms with Crippen molar-refractivity contribution in [2.75, 3.05) is 14.2 Å². The molecule has 0 heterocycles. The van der Waals surface area contributed by atoms with Crippen LogP contribution in [0.15, 0.2) is 11.6 Å². The van der Waals surface area contributed by atoms with E-state index in [1.54, 1.807) is 0 Å². The van der Waals surface area contributed by atoms with Gasteiger partial charge in [0.05, 0.1) is 13.2 Å². The maximum atomic E-state index is 11.7. The lowest BCUT2D eigenvalue weighted by Gasteiger charge is -2.38. The average molecular weight is 257 g/mol. The summed E-state index contributed by atoms with van der Waals surface area (Å²) in [6.45, 7) is 6.49. The summed E-state index contributed by atoms with van der Waals surface area (Å²) in [5.41, 5.74) is 0.615. The highest BCUT2D eigenvalue weighted by atomic mass is 16.5. The van der Waals surface area contributed by atoms with Crippen molar-refractivity contribution in [1.29, 1.82) is 1.43 Å². The van der Waals surface area contributed by atoms with Crippen LogP contribution >= 0.6 is 0 Å². The highest BCUT2D eigenvalue weighted by Crippen LogP contribution is 2.33. The lowest BCUT2D eigenvalue weighted by molar-refractivity contribution is -0.136. The zero-order valence-electron chi connectivity index (χ0n) is 12.9. The molecule has 4 heteroatoms. The average Bonchev–Trinajstić information content (AvgIpc) is 2.43. The molecule has 0 saturated heterocycles. The smallest absolute Gasteiger partial charge is 0.333 e. The van der Waals surface area contributed by atoms with Crippen LogP contribution in [0.2, 0.25) is 0 Å².